The minimum Gasteiger partial charge on any atom is -0.497 e. The summed E-state index contributed by atoms with van der Waals surface area (Å²) in [6, 6.07) is 7.14. The molecule has 2 aromatic carbocycles. The van der Waals surface area contributed by atoms with Gasteiger partial charge in [-0.2, -0.15) is 0 Å². The van der Waals surface area contributed by atoms with Crippen molar-refractivity contribution >= 4 is 5.97 Å². The number of rotatable bonds is 5. The maximum Gasteiger partial charge on any atom is 0.339 e. The van der Waals surface area contributed by atoms with Crippen LogP contribution in [0.1, 0.15) is 27.6 Å². The molecule has 0 N–H and O–H groups in total. The number of fused-ring (bicyclic) bond motifs is 2. The van der Waals surface area contributed by atoms with Crippen molar-refractivity contribution in [3.8, 4) is 28.7 Å². The Morgan fingerprint density at radius 3 is 2.54 bits per heavy atom. The van der Waals surface area contributed by atoms with Gasteiger partial charge in [0.15, 0.2) is 11.5 Å². The van der Waals surface area contributed by atoms with E-state index in [1.54, 1.807) is 26.4 Å². The van der Waals surface area contributed by atoms with Crippen molar-refractivity contribution in [2.45, 2.75) is 12.5 Å². The Morgan fingerprint density at radius 1 is 1.00 bits per heavy atom. The molecule has 4 rings (SSSR count). The Morgan fingerprint density at radius 2 is 1.81 bits per heavy atom. The van der Waals surface area contributed by atoms with Gasteiger partial charge in [0, 0.05) is 18.1 Å². The second-order valence-electron chi connectivity index (χ2n) is 5.92. The van der Waals surface area contributed by atoms with E-state index in [0.29, 0.717) is 40.7 Å². The predicted octanol–water partition coefficient (Wildman–Crippen LogP) is 2.90. The van der Waals surface area contributed by atoms with Gasteiger partial charge in [-0.05, 0) is 23.8 Å². The summed E-state index contributed by atoms with van der Waals surface area (Å²) in [4.78, 5) is 12.3. The number of carbonyl (C=O) groups excluding carboxylic acids is 1. The minimum absolute atomic E-state index is 0.157. The molecule has 7 heteroatoms. The smallest absolute Gasteiger partial charge is 0.339 e. The Balaban J connectivity index is 1.71. The summed E-state index contributed by atoms with van der Waals surface area (Å²) in [6.07, 6.45) is -0.0162. The lowest BCUT2D eigenvalue weighted by Gasteiger charge is -2.15. The molecule has 0 fully saturated rings. The number of carbonyl (C=O) groups is 1. The average molecular weight is 358 g/mol. The van der Waals surface area contributed by atoms with E-state index in [4.69, 9.17) is 28.4 Å². The third kappa shape index (κ3) is 2.56. The van der Waals surface area contributed by atoms with Crippen LogP contribution in [-0.2, 0) is 11.2 Å². The van der Waals surface area contributed by atoms with Crippen molar-refractivity contribution in [2.75, 3.05) is 28.1 Å². The molecule has 1 atom stereocenters. The van der Waals surface area contributed by atoms with Gasteiger partial charge in [-0.1, -0.05) is 0 Å². The van der Waals surface area contributed by atoms with Crippen LogP contribution in [0.15, 0.2) is 24.3 Å². The first-order valence-electron chi connectivity index (χ1n) is 8.08. The largest absolute Gasteiger partial charge is 0.497 e. The molecule has 1 unspecified atom stereocenters. The molecule has 0 bridgehead atoms. The fourth-order valence-corrected chi connectivity index (χ4v) is 3.30. The fraction of sp³-hybridized carbons (Fsp3) is 0.316. The highest BCUT2D eigenvalue weighted by Crippen LogP contribution is 2.45. The first kappa shape index (κ1) is 16.4. The molecule has 2 aliphatic rings. The third-order valence-electron chi connectivity index (χ3n) is 4.50. The van der Waals surface area contributed by atoms with Crippen LogP contribution in [0.3, 0.4) is 0 Å². The molecule has 0 saturated carbocycles. The summed E-state index contributed by atoms with van der Waals surface area (Å²) in [7, 11) is 4.66. The molecular formula is C19H18O7. The van der Waals surface area contributed by atoms with Crippen molar-refractivity contribution in [3.63, 3.8) is 0 Å². The number of esters is 1. The Hall–Kier alpha value is -3.09. The molecule has 0 spiro atoms. The number of hydrogen-bond acceptors (Lipinski definition) is 7. The fourth-order valence-electron chi connectivity index (χ4n) is 3.30. The Labute approximate surface area is 150 Å². The van der Waals surface area contributed by atoms with E-state index in [2.05, 4.69) is 0 Å². The molecule has 0 aliphatic carbocycles. The van der Waals surface area contributed by atoms with Crippen LogP contribution in [0.25, 0.3) is 0 Å². The molecule has 2 aromatic rings. The van der Waals surface area contributed by atoms with Gasteiger partial charge in [0.25, 0.3) is 0 Å². The SMILES string of the molecule is COc1cc(OC)c2c(c1)C(=O)OC2Cc1cc(OC)c2c(c1)OCO2. The summed E-state index contributed by atoms with van der Waals surface area (Å²) < 4.78 is 32.5. The summed E-state index contributed by atoms with van der Waals surface area (Å²) in [6.45, 7) is 0.157. The normalized spacial score (nSPS) is 16.9. The van der Waals surface area contributed by atoms with Gasteiger partial charge in [-0.25, -0.2) is 4.79 Å². The second-order valence-corrected chi connectivity index (χ2v) is 5.92. The maximum atomic E-state index is 12.3. The van der Waals surface area contributed by atoms with E-state index in [0.717, 1.165) is 11.1 Å². The minimum atomic E-state index is -0.469. The zero-order valence-electron chi connectivity index (χ0n) is 14.7. The summed E-state index contributed by atoms with van der Waals surface area (Å²) in [5.74, 6) is 2.50. The molecule has 7 nitrogen and oxygen atoms in total. The molecular weight excluding hydrogens is 340 g/mol. The highest BCUT2D eigenvalue weighted by Gasteiger charge is 2.35. The van der Waals surface area contributed by atoms with Crippen molar-refractivity contribution in [3.05, 3.63) is 41.0 Å². The van der Waals surface area contributed by atoms with Gasteiger partial charge >= 0.3 is 5.97 Å². The van der Waals surface area contributed by atoms with E-state index in [1.807, 2.05) is 12.1 Å². The zero-order valence-corrected chi connectivity index (χ0v) is 14.7. The van der Waals surface area contributed by atoms with Crippen LogP contribution in [0, 0.1) is 0 Å². The van der Waals surface area contributed by atoms with Crippen molar-refractivity contribution < 1.29 is 33.2 Å². The topological polar surface area (TPSA) is 72.5 Å². The van der Waals surface area contributed by atoms with Gasteiger partial charge in [-0.3, -0.25) is 0 Å². The highest BCUT2D eigenvalue weighted by atomic mass is 16.7. The van der Waals surface area contributed by atoms with Gasteiger partial charge in [0.05, 0.1) is 26.9 Å². The van der Waals surface area contributed by atoms with Gasteiger partial charge in [0.2, 0.25) is 12.5 Å². The predicted molar refractivity (Wildman–Crippen MR) is 90.5 cm³/mol. The first-order valence-corrected chi connectivity index (χ1v) is 8.08. The first-order chi connectivity index (χ1) is 12.6. The third-order valence-corrected chi connectivity index (χ3v) is 4.50. The quantitative estimate of drug-likeness (QED) is 0.761. The number of ether oxygens (including phenoxy) is 6. The monoisotopic (exact) mass is 358 g/mol. The van der Waals surface area contributed by atoms with E-state index < -0.39 is 12.1 Å². The molecule has 2 heterocycles. The van der Waals surface area contributed by atoms with E-state index in [-0.39, 0.29) is 6.79 Å². The van der Waals surface area contributed by atoms with Gasteiger partial charge in [0.1, 0.15) is 17.6 Å². The summed E-state index contributed by atoms with van der Waals surface area (Å²) >= 11 is 0. The number of hydrogen-bond donors (Lipinski definition) is 0. The van der Waals surface area contributed by atoms with Gasteiger partial charge in [-0.15, -0.1) is 0 Å². The molecule has 26 heavy (non-hydrogen) atoms. The van der Waals surface area contributed by atoms with Crippen LogP contribution in [0.5, 0.6) is 28.7 Å². The lowest BCUT2D eigenvalue weighted by Crippen LogP contribution is -2.04. The summed E-state index contributed by atoms with van der Waals surface area (Å²) in [5, 5.41) is 0. The van der Waals surface area contributed by atoms with Crippen molar-refractivity contribution in [2.24, 2.45) is 0 Å². The molecule has 136 valence electrons. The van der Waals surface area contributed by atoms with Crippen LogP contribution >= 0.6 is 0 Å². The van der Waals surface area contributed by atoms with Crippen LogP contribution in [0.4, 0.5) is 0 Å². The molecule has 2 aliphatic heterocycles. The second kappa shape index (κ2) is 6.33. The van der Waals surface area contributed by atoms with Crippen LogP contribution in [-0.4, -0.2) is 34.1 Å². The lowest BCUT2D eigenvalue weighted by molar-refractivity contribution is 0.0384. The highest BCUT2D eigenvalue weighted by molar-refractivity contribution is 5.95. The number of methoxy groups -OCH3 is 3. The molecule has 0 radical (unpaired) electrons. The lowest BCUT2D eigenvalue weighted by atomic mass is 9.97. The Bertz CT molecular complexity index is 875. The standard InChI is InChI=1S/C19H18O7/c1-21-11-7-12-17(13(8-11)22-2)14(26-19(12)20)4-10-5-15(23-3)18-16(6-10)24-9-25-18/h5-8,14H,4,9H2,1-3H3. The summed E-state index contributed by atoms with van der Waals surface area (Å²) in [5.41, 5.74) is 2.07. The molecule has 0 aromatic heterocycles. The number of cyclic esters (lactones) is 1. The molecule has 0 saturated heterocycles. The number of benzene rings is 2. The van der Waals surface area contributed by atoms with Crippen LogP contribution in [0.2, 0.25) is 0 Å². The molecule has 0 amide bonds. The maximum absolute atomic E-state index is 12.3. The Kier molecular flexibility index (Phi) is 3.99. The van der Waals surface area contributed by atoms with E-state index in [9.17, 15) is 4.79 Å². The van der Waals surface area contributed by atoms with E-state index >= 15 is 0 Å². The average Bonchev–Trinajstić information content (AvgIpc) is 3.25. The van der Waals surface area contributed by atoms with E-state index in [1.165, 1.54) is 7.11 Å². The van der Waals surface area contributed by atoms with Gasteiger partial charge < -0.3 is 28.4 Å². The van der Waals surface area contributed by atoms with Crippen molar-refractivity contribution in [1.82, 2.24) is 0 Å². The zero-order chi connectivity index (χ0) is 18.3. The van der Waals surface area contributed by atoms with Crippen LogP contribution < -0.4 is 23.7 Å². The van der Waals surface area contributed by atoms with Crippen molar-refractivity contribution in [1.29, 1.82) is 0 Å².